The van der Waals surface area contributed by atoms with Crippen molar-refractivity contribution in [1.82, 2.24) is 5.32 Å². The van der Waals surface area contributed by atoms with Gasteiger partial charge in [-0.1, -0.05) is 20.8 Å². The molecule has 2 unspecified atom stereocenters. The van der Waals surface area contributed by atoms with Crippen molar-refractivity contribution in [2.24, 2.45) is 11.3 Å². The molecule has 13 heavy (non-hydrogen) atoms. The van der Waals surface area contributed by atoms with Gasteiger partial charge in [-0.05, 0) is 31.7 Å². The highest BCUT2D eigenvalue weighted by atomic mass is 16.5. The van der Waals surface area contributed by atoms with E-state index in [-0.39, 0.29) is 0 Å². The molecule has 2 atom stereocenters. The molecule has 1 N–H and O–H groups in total. The van der Waals surface area contributed by atoms with Gasteiger partial charge in [0, 0.05) is 19.8 Å². The molecule has 0 rings (SSSR count). The predicted octanol–water partition coefficient (Wildman–Crippen LogP) is 2.29. The summed E-state index contributed by atoms with van der Waals surface area (Å²) in [6.45, 7) is 9.95. The lowest BCUT2D eigenvalue weighted by Gasteiger charge is -2.33. The lowest BCUT2D eigenvalue weighted by molar-refractivity contribution is 0.0809. The first-order chi connectivity index (χ1) is 5.94. The second-order valence-corrected chi connectivity index (χ2v) is 4.74. The molecule has 80 valence electrons. The number of ether oxygens (including phenoxy) is 1. The number of hydrogen-bond acceptors (Lipinski definition) is 2. The minimum atomic E-state index is 0.346. The largest absolute Gasteiger partial charge is 0.384 e. The molecule has 0 saturated heterocycles. The Morgan fingerprint density at radius 2 is 1.85 bits per heavy atom. The van der Waals surface area contributed by atoms with Crippen LogP contribution in [-0.2, 0) is 4.74 Å². The maximum Gasteiger partial charge on any atom is 0.0492 e. The van der Waals surface area contributed by atoms with E-state index in [0.717, 1.165) is 6.61 Å². The molecule has 2 heteroatoms. The first-order valence-corrected chi connectivity index (χ1v) is 5.10. The van der Waals surface area contributed by atoms with Crippen LogP contribution in [0.25, 0.3) is 0 Å². The molecule has 0 aliphatic carbocycles. The molecule has 0 heterocycles. The fraction of sp³-hybridized carbons (Fsp3) is 1.00. The summed E-state index contributed by atoms with van der Waals surface area (Å²) in [5.41, 5.74) is 0.346. The molecule has 0 aromatic heterocycles. The van der Waals surface area contributed by atoms with E-state index >= 15 is 0 Å². The van der Waals surface area contributed by atoms with Crippen molar-refractivity contribution in [3.05, 3.63) is 0 Å². The van der Waals surface area contributed by atoms with Crippen LogP contribution >= 0.6 is 0 Å². The van der Waals surface area contributed by atoms with Gasteiger partial charge in [0.05, 0.1) is 0 Å². The SMILES string of the molecule is CNC(C)CC(C)(C)C(C)COC. The maximum absolute atomic E-state index is 5.18. The molecule has 2 nitrogen and oxygen atoms in total. The summed E-state index contributed by atoms with van der Waals surface area (Å²) in [6.07, 6.45) is 1.19. The van der Waals surface area contributed by atoms with Gasteiger partial charge in [0.1, 0.15) is 0 Å². The second-order valence-electron chi connectivity index (χ2n) is 4.74. The summed E-state index contributed by atoms with van der Waals surface area (Å²) < 4.78 is 5.18. The Morgan fingerprint density at radius 1 is 1.31 bits per heavy atom. The lowest BCUT2D eigenvalue weighted by atomic mass is 9.76. The van der Waals surface area contributed by atoms with E-state index in [1.165, 1.54) is 6.42 Å². The minimum Gasteiger partial charge on any atom is -0.384 e. The lowest BCUT2D eigenvalue weighted by Crippen LogP contribution is -2.33. The summed E-state index contributed by atoms with van der Waals surface area (Å²) in [6, 6.07) is 0.578. The zero-order valence-electron chi connectivity index (χ0n) is 9.98. The van der Waals surface area contributed by atoms with Crippen LogP contribution in [0.4, 0.5) is 0 Å². The van der Waals surface area contributed by atoms with Crippen LogP contribution in [0.2, 0.25) is 0 Å². The summed E-state index contributed by atoms with van der Waals surface area (Å²) in [4.78, 5) is 0. The molecule has 0 saturated carbocycles. The first kappa shape index (κ1) is 12.9. The average molecular weight is 187 g/mol. The minimum absolute atomic E-state index is 0.346. The van der Waals surface area contributed by atoms with Crippen LogP contribution < -0.4 is 5.32 Å². The highest BCUT2D eigenvalue weighted by Crippen LogP contribution is 2.31. The second kappa shape index (κ2) is 5.61. The van der Waals surface area contributed by atoms with E-state index in [2.05, 4.69) is 33.0 Å². The van der Waals surface area contributed by atoms with Crippen LogP contribution in [0, 0.1) is 11.3 Å². The number of nitrogens with one attached hydrogen (secondary N) is 1. The molecule has 0 radical (unpaired) electrons. The maximum atomic E-state index is 5.18. The molecule has 0 spiro atoms. The number of rotatable bonds is 6. The van der Waals surface area contributed by atoms with Crippen LogP contribution in [0.5, 0.6) is 0 Å². The number of methoxy groups -OCH3 is 1. The summed E-state index contributed by atoms with van der Waals surface area (Å²) >= 11 is 0. The van der Waals surface area contributed by atoms with Gasteiger partial charge < -0.3 is 10.1 Å². The molecular formula is C11H25NO. The van der Waals surface area contributed by atoms with E-state index in [0.29, 0.717) is 17.4 Å². The van der Waals surface area contributed by atoms with Gasteiger partial charge in [-0.2, -0.15) is 0 Å². The zero-order valence-corrected chi connectivity index (χ0v) is 9.98. The smallest absolute Gasteiger partial charge is 0.0492 e. The van der Waals surface area contributed by atoms with Crippen molar-refractivity contribution in [1.29, 1.82) is 0 Å². The third-order valence-corrected chi connectivity index (χ3v) is 3.08. The topological polar surface area (TPSA) is 21.3 Å². The van der Waals surface area contributed by atoms with Crippen molar-refractivity contribution in [3.63, 3.8) is 0 Å². The number of hydrogen-bond donors (Lipinski definition) is 1. The van der Waals surface area contributed by atoms with Crippen LogP contribution in [0.1, 0.15) is 34.1 Å². The van der Waals surface area contributed by atoms with Gasteiger partial charge in [0.25, 0.3) is 0 Å². The molecular weight excluding hydrogens is 162 g/mol. The zero-order chi connectivity index (χ0) is 10.5. The van der Waals surface area contributed by atoms with E-state index in [1.807, 2.05) is 7.05 Å². The van der Waals surface area contributed by atoms with E-state index in [9.17, 15) is 0 Å². The van der Waals surface area contributed by atoms with Gasteiger partial charge in [-0.15, -0.1) is 0 Å². The van der Waals surface area contributed by atoms with Crippen LogP contribution in [0.15, 0.2) is 0 Å². The molecule has 0 fully saturated rings. The van der Waals surface area contributed by atoms with Gasteiger partial charge in [-0.3, -0.25) is 0 Å². The van der Waals surface area contributed by atoms with Crippen LogP contribution in [0.3, 0.4) is 0 Å². The van der Waals surface area contributed by atoms with Crippen molar-refractivity contribution < 1.29 is 4.74 Å². The Bertz CT molecular complexity index is 134. The van der Waals surface area contributed by atoms with E-state index < -0.39 is 0 Å². The Labute approximate surface area is 83.1 Å². The summed E-state index contributed by atoms with van der Waals surface area (Å²) in [5.74, 6) is 0.605. The predicted molar refractivity (Wildman–Crippen MR) is 58.0 cm³/mol. The Kier molecular flexibility index (Phi) is 5.57. The Hall–Kier alpha value is -0.0800. The van der Waals surface area contributed by atoms with Crippen LogP contribution in [-0.4, -0.2) is 26.8 Å². The Balaban J connectivity index is 4.04. The summed E-state index contributed by atoms with van der Waals surface area (Å²) in [7, 11) is 3.79. The van der Waals surface area contributed by atoms with Gasteiger partial charge in [0.15, 0.2) is 0 Å². The van der Waals surface area contributed by atoms with Crippen molar-refractivity contribution in [2.45, 2.75) is 40.2 Å². The van der Waals surface area contributed by atoms with E-state index in [1.54, 1.807) is 7.11 Å². The van der Waals surface area contributed by atoms with Gasteiger partial charge >= 0.3 is 0 Å². The molecule has 0 amide bonds. The average Bonchev–Trinajstić information content (AvgIpc) is 2.04. The highest BCUT2D eigenvalue weighted by Gasteiger charge is 2.27. The van der Waals surface area contributed by atoms with Crippen molar-refractivity contribution >= 4 is 0 Å². The molecule has 0 aliphatic heterocycles. The quantitative estimate of drug-likeness (QED) is 0.689. The van der Waals surface area contributed by atoms with E-state index in [4.69, 9.17) is 4.74 Å². The summed E-state index contributed by atoms with van der Waals surface area (Å²) in [5, 5.41) is 3.28. The first-order valence-electron chi connectivity index (χ1n) is 5.10. The van der Waals surface area contributed by atoms with Gasteiger partial charge in [-0.25, -0.2) is 0 Å². The molecule has 0 aromatic carbocycles. The molecule has 0 aliphatic rings. The fourth-order valence-electron chi connectivity index (χ4n) is 1.57. The van der Waals surface area contributed by atoms with Crippen molar-refractivity contribution in [2.75, 3.05) is 20.8 Å². The third-order valence-electron chi connectivity index (χ3n) is 3.08. The normalized spacial score (nSPS) is 17.1. The third kappa shape index (κ3) is 4.63. The highest BCUT2D eigenvalue weighted by molar-refractivity contribution is 4.79. The Morgan fingerprint density at radius 3 is 2.23 bits per heavy atom. The molecule has 0 bridgehead atoms. The molecule has 0 aromatic rings. The van der Waals surface area contributed by atoms with Crippen molar-refractivity contribution in [3.8, 4) is 0 Å². The monoisotopic (exact) mass is 187 g/mol. The fourth-order valence-corrected chi connectivity index (χ4v) is 1.57. The van der Waals surface area contributed by atoms with Gasteiger partial charge in [0.2, 0.25) is 0 Å². The standard InChI is InChI=1S/C11H25NO/c1-9(8-13-6)11(3,4)7-10(2)12-5/h9-10,12H,7-8H2,1-6H3.